The summed E-state index contributed by atoms with van der Waals surface area (Å²) < 4.78 is 10.3. The maximum Gasteiger partial charge on any atom is 0.211 e. The number of nitrogens with one attached hydrogen (secondary N) is 1. The van der Waals surface area contributed by atoms with E-state index in [1.807, 2.05) is 0 Å². The van der Waals surface area contributed by atoms with Gasteiger partial charge in [-0.3, -0.25) is 4.79 Å². The van der Waals surface area contributed by atoms with E-state index in [4.69, 9.17) is 15.2 Å². The van der Waals surface area contributed by atoms with Crippen molar-refractivity contribution in [2.45, 2.75) is 0 Å². The molecule has 0 radical (unpaired) electrons. The van der Waals surface area contributed by atoms with E-state index >= 15 is 0 Å². The molecule has 94 valence electrons. The smallest absolute Gasteiger partial charge is 0.211 e. The molecule has 5 heteroatoms. The summed E-state index contributed by atoms with van der Waals surface area (Å²) in [6, 6.07) is 6.61. The van der Waals surface area contributed by atoms with Gasteiger partial charge in [0.1, 0.15) is 0 Å². The van der Waals surface area contributed by atoms with Crippen LogP contribution in [0.25, 0.3) is 0 Å². The number of ketones is 1. The van der Waals surface area contributed by atoms with Gasteiger partial charge in [-0.1, -0.05) is 0 Å². The summed E-state index contributed by atoms with van der Waals surface area (Å²) in [7, 11) is 3.03. The number of benzene rings is 1. The zero-order valence-electron chi connectivity index (χ0n) is 10.2. The summed E-state index contributed by atoms with van der Waals surface area (Å²) >= 11 is 0. The van der Waals surface area contributed by atoms with Gasteiger partial charge in [0.15, 0.2) is 11.5 Å². The van der Waals surface area contributed by atoms with Gasteiger partial charge in [0.05, 0.1) is 25.5 Å². The highest BCUT2D eigenvalue weighted by atomic mass is 16.5. The molecule has 0 spiro atoms. The zero-order valence-corrected chi connectivity index (χ0v) is 10.2. The van der Waals surface area contributed by atoms with Crippen LogP contribution in [-0.2, 0) is 0 Å². The fourth-order valence-electron chi connectivity index (χ4n) is 1.71. The van der Waals surface area contributed by atoms with Gasteiger partial charge >= 0.3 is 0 Å². The van der Waals surface area contributed by atoms with Gasteiger partial charge in [-0.25, -0.2) is 0 Å². The zero-order chi connectivity index (χ0) is 13.1. The first-order valence-electron chi connectivity index (χ1n) is 5.37. The molecule has 3 N–H and O–H groups in total. The van der Waals surface area contributed by atoms with Crippen molar-refractivity contribution in [2.75, 3.05) is 20.0 Å². The Morgan fingerprint density at radius 1 is 1.22 bits per heavy atom. The quantitative estimate of drug-likeness (QED) is 0.637. The molecule has 0 fully saturated rings. The SMILES string of the molecule is COc1cc(N)c(C(=O)c2ccc[nH]2)cc1OC. The average molecular weight is 246 g/mol. The molecule has 1 aromatic carbocycles. The van der Waals surface area contributed by atoms with Crippen LogP contribution in [-0.4, -0.2) is 25.0 Å². The fraction of sp³-hybridized carbons (Fsp3) is 0.154. The van der Waals surface area contributed by atoms with Gasteiger partial charge in [0.2, 0.25) is 5.78 Å². The van der Waals surface area contributed by atoms with E-state index in [1.54, 1.807) is 30.5 Å². The number of carbonyl (C=O) groups excluding carboxylic acids is 1. The van der Waals surface area contributed by atoms with E-state index in [1.165, 1.54) is 14.2 Å². The molecule has 0 aliphatic carbocycles. The number of anilines is 1. The van der Waals surface area contributed by atoms with Crippen molar-refractivity contribution in [2.24, 2.45) is 0 Å². The summed E-state index contributed by atoms with van der Waals surface area (Å²) in [5.74, 6) is 0.790. The topological polar surface area (TPSA) is 77.3 Å². The van der Waals surface area contributed by atoms with E-state index in [0.29, 0.717) is 28.4 Å². The van der Waals surface area contributed by atoms with Crippen LogP contribution in [0.5, 0.6) is 11.5 Å². The number of aromatic nitrogens is 1. The Morgan fingerprint density at radius 3 is 2.44 bits per heavy atom. The summed E-state index contributed by atoms with van der Waals surface area (Å²) in [4.78, 5) is 15.0. The Balaban J connectivity index is 2.48. The number of methoxy groups -OCH3 is 2. The van der Waals surface area contributed by atoms with Crippen molar-refractivity contribution in [3.05, 3.63) is 41.7 Å². The minimum absolute atomic E-state index is 0.182. The second-order valence-corrected chi connectivity index (χ2v) is 3.71. The van der Waals surface area contributed by atoms with Crippen LogP contribution >= 0.6 is 0 Å². The predicted molar refractivity (Wildman–Crippen MR) is 68.2 cm³/mol. The van der Waals surface area contributed by atoms with Crippen molar-refractivity contribution in [3.8, 4) is 11.5 Å². The third kappa shape index (κ3) is 2.02. The summed E-state index contributed by atoms with van der Waals surface area (Å²) in [6.45, 7) is 0. The van der Waals surface area contributed by atoms with E-state index in [2.05, 4.69) is 4.98 Å². The van der Waals surface area contributed by atoms with Crippen molar-refractivity contribution >= 4 is 11.5 Å². The van der Waals surface area contributed by atoms with Gasteiger partial charge < -0.3 is 20.2 Å². The van der Waals surface area contributed by atoms with Crippen LogP contribution in [0.1, 0.15) is 16.1 Å². The average Bonchev–Trinajstić information content (AvgIpc) is 2.91. The number of nitrogen functional groups attached to an aromatic ring is 1. The summed E-state index contributed by atoms with van der Waals surface area (Å²) in [6.07, 6.45) is 1.68. The van der Waals surface area contributed by atoms with E-state index in [0.717, 1.165) is 0 Å². The predicted octanol–water partition coefficient (Wildman–Crippen LogP) is 1.85. The van der Waals surface area contributed by atoms with Crippen molar-refractivity contribution < 1.29 is 14.3 Å². The highest BCUT2D eigenvalue weighted by Crippen LogP contribution is 2.32. The Morgan fingerprint density at radius 2 is 1.89 bits per heavy atom. The molecule has 18 heavy (non-hydrogen) atoms. The summed E-state index contributed by atoms with van der Waals surface area (Å²) in [5, 5.41) is 0. The molecule has 0 amide bonds. The number of hydrogen-bond donors (Lipinski definition) is 2. The van der Waals surface area contributed by atoms with Crippen molar-refractivity contribution in [3.63, 3.8) is 0 Å². The van der Waals surface area contributed by atoms with Gasteiger partial charge in [-0.05, 0) is 18.2 Å². The first kappa shape index (κ1) is 12.0. The minimum atomic E-state index is -0.182. The number of H-pyrrole nitrogens is 1. The van der Waals surface area contributed by atoms with Crippen LogP contribution in [0.15, 0.2) is 30.5 Å². The lowest BCUT2D eigenvalue weighted by Crippen LogP contribution is -2.07. The largest absolute Gasteiger partial charge is 0.493 e. The Hall–Kier alpha value is -2.43. The maximum atomic E-state index is 12.2. The molecule has 2 rings (SSSR count). The number of aromatic amines is 1. The van der Waals surface area contributed by atoms with Crippen LogP contribution < -0.4 is 15.2 Å². The van der Waals surface area contributed by atoms with E-state index < -0.39 is 0 Å². The molecule has 0 aliphatic heterocycles. The van der Waals surface area contributed by atoms with Gasteiger partial charge in [0, 0.05) is 18.0 Å². The van der Waals surface area contributed by atoms with Crippen LogP contribution in [0, 0.1) is 0 Å². The Labute approximate surface area is 105 Å². The first-order valence-corrected chi connectivity index (χ1v) is 5.37. The molecule has 1 aromatic heterocycles. The Kier molecular flexibility index (Phi) is 3.23. The van der Waals surface area contributed by atoms with Crippen molar-refractivity contribution in [1.29, 1.82) is 0 Å². The molecular formula is C13H14N2O3. The fourth-order valence-corrected chi connectivity index (χ4v) is 1.71. The number of carbonyl (C=O) groups is 1. The molecule has 0 unspecified atom stereocenters. The first-order chi connectivity index (χ1) is 8.67. The third-order valence-electron chi connectivity index (χ3n) is 2.64. The number of ether oxygens (including phenoxy) is 2. The highest BCUT2D eigenvalue weighted by Gasteiger charge is 2.17. The van der Waals surface area contributed by atoms with E-state index in [9.17, 15) is 4.79 Å². The Bertz CT molecular complexity index is 562. The van der Waals surface area contributed by atoms with Crippen LogP contribution in [0.3, 0.4) is 0 Å². The third-order valence-corrected chi connectivity index (χ3v) is 2.64. The van der Waals surface area contributed by atoms with Gasteiger partial charge in [-0.15, -0.1) is 0 Å². The maximum absolute atomic E-state index is 12.2. The second kappa shape index (κ2) is 4.83. The normalized spacial score (nSPS) is 10.1. The minimum Gasteiger partial charge on any atom is -0.493 e. The molecule has 0 saturated heterocycles. The van der Waals surface area contributed by atoms with Crippen molar-refractivity contribution in [1.82, 2.24) is 4.98 Å². The summed E-state index contributed by atoms with van der Waals surface area (Å²) in [5.41, 5.74) is 7.08. The lowest BCUT2D eigenvalue weighted by molar-refractivity contribution is 0.103. The molecule has 2 aromatic rings. The van der Waals surface area contributed by atoms with Gasteiger partial charge in [0.25, 0.3) is 0 Å². The van der Waals surface area contributed by atoms with Gasteiger partial charge in [-0.2, -0.15) is 0 Å². The van der Waals surface area contributed by atoms with E-state index in [-0.39, 0.29) is 5.78 Å². The van der Waals surface area contributed by atoms with Crippen LogP contribution in [0.2, 0.25) is 0 Å². The molecule has 1 heterocycles. The molecule has 0 bridgehead atoms. The number of nitrogens with two attached hydrogens (primary N) is 1. The van der Waals surface area contributed by atoms with Crippen LogP contribution in [0.4, 0.5) is 5.69 Å². The lowest BCUT2D eigenvalue weighted by Gasteiger charge is -2.11. The number of rotatable bonds is 4. The molecular weight excluding hydrogens is 232 g/mol. The molecule has 5 nitrogen and oxygen atoms in total. The lowest BCUT2D eigenvalue weighted by atomic mass is 10.1. The molecule has 0 saturated carbocycles. The monoisotopic (exact) mass is 246 g/mol. The second-order valence-electron chi connectivity index (χ2n) is 3.71. The number of hydrogen-bond acceptors (Lipinski definition) is 4. The standard InChI is InChI=1S/C13H14N2O3/c1-17-11-6-8(9(14)7-12(11)18-2)13(16)10-4-3-5-15-10/h3-7,15H,14H2,1-2H3. The highest BCUT2D eigenvalue weighted by molar-refractivity contribution is 6.11. The molecule has 0 atom stereocenters. The molecule has 0 aliphatic rings.